The van der Waals surface area contributed by atoms with Crippen molar-refractivity contribution in [1.82, 2.24) is 19.7 Å². The Morgan fingerprint density at radius 3 is 2.42 bits per heavy atom. The Balaban J connectivity index is 1.48. The molecule has 2 aliphatic carbocycles. The van der Waals surface area contributed by atoms with Gasteiger partial charge in [0.1, 0.15) is 0 Å². The number of rotatable bonds is 7. The van der Waals surface area contributed by atoms with Gasteiger partial charge in [-0.2, -0.15) is 13.2 Å². The van der Waals surface area contributed by atoms with Crippen LogP contribution in [0.15, 0.2) is 18.5 Å². The van der Waals surface area contributed by atoms with E-state index in [0.717, 1.165) is 19.8 Å². The maximum Gasteiger partial charge on any atom is 0.392 e. The number of halogens is 5. The van der Waals surface area contributed by atoms with E-state index >= 15 is 0 Å². The predicted molar refractivity (Wildman–Crippen MR) is 110 cm³/mol. The van der Waals surface area contributed by atoms with Crippen molar-refractivity contribution < 1.29 is 26.7 Å². The highest BCUT2D eigenvalue weighted by Gasteiger charge is 2.40. The number of hydrogen-bond acceptors (Lipinski definition) is 4. The van der Waals surface area contributed by atoms with Crippen LogP contribution in [-0.2, 0) is 4.79 Å². The lowest BCUT2D eigenvalue weighted by atomic mass is 9.81. The SMILES string of the molecule is CC(CC(=O)N[C@H](c1ccn2cc([C@@H](N)C3CCC(F)(F)CC3)nc2n1)C1CC1)C(F)(F)F. The van der Waals surface area contributed by atoms with Crippen LogP contribution in [0.1, 0.15) is 75.3 Å². The number of aromatic nitrogens is 3. The lowest BCUT2D eigenvalue weighted by Gasteiger charge is -2.31. The molecule has 2 saturated carbocycles. The second kappa shape index (κ2) is 8.81. The normalized spacial score (nSPS) is 22.2. The average molecular weight is 473 g/mol. The Morgan fingerprint density at radius 2 is 1.82 bits per heavy atom. The van der Waals surface area contributed by atoms with Crippen molar-refractivity contribution in [1.29, 1.82) is 0 Å². The van der Waals surface area contributed by atoms with Gasteiger partial charge in [0.2, 0.25) is 17.6 Å². The zero-order valence-electron chi connectivity index (χ0n) is 18.3. The van der Waals surface area contributed by atoms with Crippen molar-refractivity contribution in [3.8, 4) is 0 Å². The van der Waals surface area contributed by atoms with E-state index in [1.165, 1.54) is 0 Å². The lowest BCUT2D eigenvalue weighted by Crippen LogP contribution is -2.34. The van der Waals surface area contributed by atoms with Crippen molar-refractivity contribution in [2.45, 2.75) is 76.1 Å². The van der Waals surface area contributed by atoms with Crippen LogP contribution in [-0.4, -0.2) is 32.4 Å². The van der Waals surface area contributed by atoms with Gasteiger partial charge < -0.3 is 11.1 Å². The number of nitrogens with zero attached hydrogens (tertiary/aromatic N) is 3. The molecule has 0 radical (unpaired) electrons. The van der Waals surface area contributed by atoms with Gasteiger partial charge in [-0.05, 0) is 43.6 Å². The summed E-state index contributed by atoms with van der Waals surface area (Å²) in [5.74, 6) is -4.66. The summed E-state index contributed by atoms with van der Waals surface area (Å²) in [5.41, 5.74) is 7.41. The van der Waals surface area contributed by atoms with Crippen LogP contribution < -0.4 is 11.1 Å². The number of amides is 1. The third-order valence-corrected chi connectivity index (χ3v) is 6.76. The molecule has 2 fully saturated rings. The average Bonchev–Trinajstić information content (AvgIpc) is 3.48. The minimum absolute atomic E-state index is 0.0943. The molecule has 1 amide bonds. The molecular weight excluding hydrogens is 445 g/mol. The van der Waals surface area contributed by atoms with Gasteiger partial charge in [-0.3, -0.25) is 9.20 Å². The smallest absolute Gasteiger partial charge is 0.347 e. The summed E-state index contributed by atoms with van der Waals surface area (Å²) in [6.07, 6.45) is 0.357. The van der Waals surface area contributed by atoms with Crippen molar-refractivity contribution in [3.05, 3.63) is 29.8 Å². The number of hydrogen-bond donors (Lipinski definition) is 2. The Labute approximate surface area is 188 Å². The highest BCUT2D eigenvalue weighted by atomic mass is 19.4. The van der Waals surface area contributed by atoms with E-state index in [2.05, 4.69) is 15.3 Å². The van der Waals surface area contributed by atoms with Crippen LogP contribution in [0.3, 0.4) is 0 Å². The molecule has 0 aromatic carbocycles. The zero-order valence-corrected chi connectivity index (χ0v) is 18.3. The van der Waals surface area contributed by atoms with Crippen molar-refractivity contribution in [3.63, 3.8) is 0 Å². The van der Waals surface area contributed by atoms with Gasteiger partial charge in [-0.1, -0.05) is 6.92 Å². The van der Waals surface area contributed by atoms with Gasteiger partial charge in [0, 0.05) is 31.7 Å². The fourth-order valence-electron chi connectivity index (χ4n) is 4.39. The zero-order chi connectivity index (χ0) is 24.0. The Morgan fingerprint density at radius 1 is 1.18 bits per heavy atom. The van der Waals surface area contributed by atoms with Gasteiger partial charge in [-0.25, -0.2) is 18.7 Å². The van der Waals surface area contributed by atoms with Crippen molar-refractivity contribution in [2.24, 2.45) is 23.5 Å². The topological polar surface area (TPSA) is 85.3 Å². The molecule has 1 unspecified atom stereocenters. The van der Waals surface area contributed by atoms with E-state index in [0.29, 0.717) is 30.0 Å². The molecule has 0 spiro atoms. The highest BCUT2D eigenvalue weighted by molar-refractivity contribution is 5.76. The summed E-state index contributed by atoms with van der Waals surface area (Å²) in [4.78, 5) is 21.3. The molecule has 0 saturated heterocycles. The van der Waals surface area contributed by atoms with E-state index in [-0.39, 0.29) is 24.7 Å². The number of imidazole rings is 1. The predicted octanol–water partition coefficient (Wildman–Crippen LogP) is 4.71. The molecule has 2 aromatic rings. The fraction of sp³-hybridized carbons (Fsp3) is 0.682. The van der Waals surface area contributed by atoms with Gasteiger partial charge in [0.15, 0.2) is 0 Å². The van der Waals surface area contributed by atoms with Crippen LogP contribution in [0.4, 0.5) is 22.0 Å². The van der Waals surface area contributed by atoms with Gasteiger partial charge in [0.25, 0.3) is 0 Å². The molecule has 0 bridgehead atoms. The quantitative estimate of drug-likeness (QED) is 0.571. The number of alkyl halides is 5. The number of nitrogens with two attached hydrogens (primary N) is 1. The van der Waals surface area contributed by atoms with E-state index in [9.17, 15) is 26.7 Å². The minimum atomic E-state index is -4.43. The molecule has 6 nitrogen and oxygen atoms in total. The Bertz CT molecular complexity index is 993. The van der Waals surface area contributed by atoms with Gasteiger partial charge in [-0.15, -0.1) is 0 Å². The van der Waals surface area contributed by atoms with Gasteiger partial charge >= 0.3 is 6.18 Å². The maximum absolute atomic E-state index is 13.5. The third-order valence-electron chi connectivity index (χ3n) is 6.76. The molecule has 11 heteroatoms. The van der Waals surface area contributed by atoms with E-state index < -0.39 is 42.4 Å². The molecule has 3 atom stereocenters. The second-order valence-corrected chi connectivity index (χ2v) is 9.47. The molecule has 3 N–H and O–H groups in total. The van der Waals surface area contributed by atoms with E-state index in [1.54, 1.807) is 22.9 Å². The molecule has 4 rings (SSSR count). The first-order valence-electron chi connectivity index (χ1n) is 11.3. The number of fused-ring (bicyclic) bond motifs is 1. The lowest BCUT2D eigenvalue weighted by molar-refractivity contribution is -0.174. The monoisotopic (exact) mass is 473 g/mol. The molecule has 33 heavy (non-hydrogen) atoms. The van der Waals surface area contributed by atoms with E-state index in [4.69, 9.17) is 5.73 Å². The summed E-state index contributed by atoms with van der Waals surface area (Å²) in [6, 6.07) is 0.730. The van der Waals surface area contributed by atoms with Crippen LogP contribution in [0, 0.1) is 17.8 Å². The summed E-state index contributed by atoms with van der Waals surface area (Å²) >= 11 is 0. The summed E-state index contributed by atoms with van der Waals surface area (Å²) in [5, 5.41) is 2.72. The summed E-state index contributed by atoms with van der Waals surface area (Å²) in [6.45, 7) is 0.985. The summed E-state index contributed by atoms with van der Waals surface area (Å²) in [7, 11) is 0. The first-order valence-corrected chi connectivity index (χ1v) is 11.3. The fourth-order valence-corrected chi connectivity index (χ4v) is 4.39. The van der Waals surface area contributed by atoms with Crippen molar-refractivity contribution in [2.75, 3.05) is 0 Å². The van der Waals surface area contributed by atoms with Crippen LogP contribution in [0.5, 0.6) is 0 Å². The van der Waals surface area contributed by atoms with Crippen LogP contribution in [0.2, 0.25) is 0 Å². The number of carbonyl (C=O) groups excluding carboxylic acids is 1. The molecule has 2 aliphatic rings. The highest BCUT2D eigenvalue weighted by Crippen LogP contribution is 2.42. The number of nitrogens with one attached hydrogen (secondary N) is 1. The van der Waals surface area contributed by atoms with Gasteiger partial charge in [0.05, 0.1) is 29.4 Å². The van der Waals surface area contributed by atoms with Crippen LogP contribution in [0.25, 0.3) is 5.78 Å². The third kappa shape index (κ3) is 5.62. The van der Waals surface area contributed by atoms with Crippen LogP contribution >= 0.6 is 0 Å². The first-order chi connectivity index (χ1) is 15.4. The first kappa shape index (κ1) is 23.8. The Hall–Kier alpha value is -2.30. The number of carbonyl (C=O) groups is 1. The summed E-state index contributed by atoms with van der Waals surface area (Å²) < 4.78 is 67.0. The minimum Gasteiger partial charge on any atom is -0.347 e. The standard InChI is InChI=1S/C22H28F5N5O/c1-12(22(25,26)27)10-17(33)31-19(14-2-3-14)15-6-9-32-11-16(30-20(32)29-15)18(28)13-4-7-21(23,24)8-5-13/h6,9,11-14,18-19H,2-5,7-8,10,28H2,1H3,(H,31,33)/t12?,18-,19-/m0/s1. The van der Waals surface area contributed by atoms with Crippen molar-refractivity contribution >= 4 is 11.7 Å². The molecular formula is C22H28F5N5O. The molecule has 2 aromatic heterocycles. The molecule has 2 heterocycles. The molecule has 182 valence electrons. The Kier molecular flexibility index (Phi) is 6.36. The second-order valence-electron chi connectivity index (χ2n) is 9.47. The molecule has 0 aliphatic heterocycles. The largest absolute Gasteiger partial charge is 0.392 e. The maximum atomic E-state index is 13.5. The van der Waals surface area contributed by atoms with E-state index in [1.807, 2.05) is 0 Å².